The minimum Gasteiger partial charge on any atom is -0.389 e. The van der Waals surface area contributed by atoms with Crippen LogP contribution in [-0.2, 0) is 0 Å². The largest absolute Gasteiger partial charge is 0.389 e. The lowest BCUT2D eigenvalue weighted by molar-refractivity contribution is -0.246. The van der Waals surface area contributed by atoms with Crippen LogP contribution in [0.1, 0.15) is 62.3 Å². The quantitative estimate of drug-likeness (QED) is 0.715. The molecule has 0 aliphatic heterocycles. The third-order valence-corrected chi connectivity index (χ3v) is 3.68. The molecule has 0 rings (SSSR count). The van der Waals surface area contributed by atoms with Crippen molar-refractivity contribution in [3.8, 4) is 0 Å². The summed E-state index contributed by atoms with van der Waals surface area (Å²) in [6.45, 7) is 16.7. The summed E-state index contributed by atoms with van der Waals surface area (Å²) in [7, 11) is 0. The van der Waals surface area contributed by atoms with Crippen molar-refractivity contribution in [2.24, 2.45) is 16.2 Å². The van der Waals surface area contributed by atoms with Crippen LogP contribution in [0.15, 0.2) is 0 Å². The predicted molar refractivity (Wildman–Crippen MR) is 75.3 cm³/mol. The Morgan fingerprint density at radius 1 is 0.611 bits per heavy atom. The first kappa shape index (κ1) is 17.9. The minimum atomic E-state index is -1.57. The van der Waals surface area contributed by atoms with Crippen LogP contribution in [0.4, 0.5) is 0 Å². The first-order valence-electron chi connectivity index (χ1n) is 6.64. The van der Waals surface area contributed by atoms with E-state index in [0.717, 1.165) is 0 Å². The van der Waals surface area contributed by atoms with E-state index >= 15 is 0 Å². The van der Waals surface area contributed by atoms with Crippen molar-refractivity contribution in [2.45, 2.75) is 80.1 Å². The molecule has 3 N–H and O–H groups in total. The topological polar surface area (TPSA) is 60.7 Å². The zero-order valence-electron chi connectivity index (χ0n) is 13.5. The summed E-state index contributed by atoms with van der Waals surface area (Å²) in [4.78, 5) is 0. The van der Waals surface area contributed by atoms with Crippen LogP contribution in [0.3, 0.4) is 0 Å². The Morgan fingerprint density at radius 2 is 0.833 bits per heavy atom. The van der Waals surface area contributed by atoms with Crippen LogP contribution >= 0.6 is 0 Å². The summed E-state index contributed by atoms with van der Waals surface area (Å²) in [5.74, 6) is 0. The molecule has 0 saturated carbocycles. The highest BCUT2D eigenvalue weighted by Crippen LogP contribution is 2.46. The molecule has 3 heteroatoms. The number of hydrogen-bond donors (Lipinski definition) is 3. The maximum atomic E-state index is 11.1. The molecule has 2 atom stereocenters. The molecule has 0 radical (unpaired) electrons. The molecule has 0 spiro atoms. The normalized spacial score (nSPS) is 21.3. The van der Waals surface area contributed by atoms with Crippen LogP contribution in [0.5, 0.6) is 0 Å². The first-order valence-corrected chi connectivity index (χ1v) is 6.64. The maximum absolute atomic E-state index is 11.1. The van der Waals surface area contributed by atoms with Crippen LogP contribution in [0, 0.1) is 16.2 Å². The second-order valence-electron chi connectivity index (χ2n) is 8.61. The van der Waals surface area contributed by atoms with Crippen LogP contribution in [0.25, 0.3) is 0 Å². The second kappa shape index (κ2) is 4.77. The molecule has 18 heavy (non-hydrogen) atoms. The molecule has 0 aliphatic carbocycles. The van der Waals surface area contributed by atoms with E-state index in [2.05, 4.69) is 0 Å². The zero-order valence-corrected chi connectivity index (χ0v) is 13.5. The molecule has 0 aromatic rings. The average molecular weight is 260 g/mol. The van der Waals surface area contributed by atoms with E-state index in [4.69, 9.17) is 0 Å². The summed E-state index contributed by atoms with van der Waals surface area (Å²) in [6.07, 6.45) is -2.03. The van der Waals surface area contributed by atoms with Crippen LogP contribution in [0.2, 0.25) is 0 Å². The van der Waals surface area contributed by atoms with Gasteiger partial charge < -0.3 is 15.3 Å². The Hall–Kier alpha value is -0.120. The lowest BCUT2D eigenvalue weighted by Gasteiger charge is -2.53. The number of rotatable bonds is 2. The second-order valence-corrected chi connectivity index (χ2v) is 8.61. The van der Waals surface area contributed by atoms with Gasteiger partial charge in [-0.2, -0.15) is 0 Å². The molecule has 0 fully saturated rings. The van der Waals surface area contributed by atoms with E-state index in [0.29, 0.717) is 0 Å². The first-order chi connectivity index (χ1) is 7.56. The van der Waals surface area contributed by atoms with Crippen molar-refractivity contribution in [1.82, 2.24) is 0 Å². The van der Waals surface area contributed by atoms with E-state index in [1.165, 1.54) is 0 Å². The van der Waals surface area contributed by atoms with Gasteiger partial charge in [-0.1, -0.05) is 62.3 Å². The van der Waals surface area contributed by atoms with E-state index in [9.17, 15) is 15.3 Å². The molecular formula is C15H32O3. The lowest BCUT2D eigenvalue weighted by atomic mass is 9.59. The Morgan fingerprint density at radius 3 is 0.944 bits per heavy atom. The van der Waals surface area contributed by atoms with Crippen molar-refractivity contribution in [1.29, 1.82) is 0 Å². The van der Waals surface area contributed by atoms with Gasteiger partial charge in [0.15, 0.2) is 0 Å². The van der Waals surface area contributed by atoms with Gasteiger partial charge in [0.2, 0.25) is 0 Å². The molecule has 0 aromatic heterocycles. The van der Waals surface area contributed by atoms with Crippen molar-refractivity contribution < 1.29 is 15.3 Å². The highest BCUT2D eigenvalue weighted by Gasteiger charge is 2.57. The highest BCUT2D eigenvalue weighted by molar-refractivity contribution is 5.07. The molecule has 2 unspecified atom stereocenters. The SMILES string of the molecule is CC(C)(C)C(O)C(O)(C(O)C(C)(C)C)C(C)(C)C. The van der Waals surface area contributed by atoms with Gasteiger partial charge in [0.05, 0.1) is 12.2 Å². The average Bonchev–Trinajstić information content (AvgIpc) is 2.09. The van der Waals surface area contributed by atoms with Gasteiger partial charge in [-0.05, 0) is 16.2 Å². The van der Waals surface area contributed by atoms with E-state index in [1.54, 1.807) is 0 Å². The van der Waals surface area contributed by atoms with Gasteiger partial charge in [0.25, 0.3) is 0 Å². The van der Waals surface area contributed by atoms with Crippen molar-refractivity contribution in [2.75, 3.05) is 0 Å². The standard InChI is InChI=1S/C15H32O3/c1-12(2,3)10(16)15(18,14(7,8)9)11(17)13(4,5)6/h10-11,16-18H,1-9H3. The van der Waals surface area contributed by atoms with Crippen molar-refractivity contribution in [3.05, 3.63) is 0 Å². The lowest BCUT2D eigenvalue weighted by Crippen LogP contribution is -2.66. The van der Waals surface area contributed by atoms with Crippen LogP contribution < -0.4 is 0 Å². The molecule has 0 aliphatic rings. The van der Waals surface area contributed by atoms with Crippen molar-refractivity contribution in [3.63, 3.8) is 0 Å². The number of aliphatic hydroxyl groups excluding tert-OH is 2. The Labute approximate surface area is 112 Å². The summed E-state index contributed by atoms with van der Waals surface area (Å²) in [5.41, 5.74) is -3.21. The molecule has 0 amide bonds. The summed E-state index contributed by atoms with van der Waals surface area (Å²) < 4.78 is 0. The predicted octanol–water partition coefficient (Wildman–Crippen LogP) is 2.58. The smallest absolute Gasteiger partial charge is 0.122 e. The fourth-order valence-electron chi connectivity index (χ4n) is 2.29. The molecule has 3 nitrogen and oxygen atoms in total. The molecule has 0 saturated heterocycles. The van der Waals surface area contributed by atoms with Gasteiger partial charge in [-0.25, -0.2) is 0 Å². The zero-order chi connectivity index (χ0) is 15.2. The van der Waals surface area contributed by atoms with Gasteiger partial charge in [0.1, 0.15) is 5.60 Å². The van der Waals surface area contributed by atoms with E-state index in [-0.39, 0.29) is 0 Å². The highest BCUT2D eigenvalue weighted by atomic mass is 16.4. The summed E-state index contributed by atoms with van der Waals surface area (Å²) in [5, 5.41) is 32.2. The van der Waals surface area contributed by atoms with E-state index < -0.39 is 34.1 Å². The molecule has 0 heterocycles. The number of aliphatic hydroxyl groups is 3. The van der Waals surface area contributed by atoms with Gasteiger partial charge >= 0.3 is 0 Å². The Bertz CT molecular complexity index is 256. The molecule has 0 aromatic carbocycles. The fraction of sp³-hybridized carbons (Fsp3) is 1.00. The summed E-state index contributed by atoms with van der Waals surface area (Å²) >= 11 is 0. The maximum Gasteiger partial charge on any atom is 0.122 e. The molecule has 0 bridgehead atoms. The van der Waals surface area contributed by atoms with E-state index in [1.807, 2.05) is 62.3 Å². The Balaban J connectivity index is 5.77. The van der Waals surface area contributed by atoms with Gasteiger partial charge in [0, 0.05) is 0 Å². The summed E-state index contributed by atoms with van der Waals surface area (Å²) in [6, 6.07) is 0. The van der Waals surface area contributed by atoms with Gasteiger partial charge in [-0.15, -0.1) is 0 Å². The fourth-order valence-corrected chi connectivity index (χ4v) is 2.29. The third kappa shape index (κ3) is 3.25. The third-order valence-electron chi connectivity index (χ3n) is 3.68. The monoisotopic (exact) mass is 260 g/mol. The Kier molecular flexibility index (Phi) is 4.74. The van der Waals surface area contributed by atoms with Crippen LogP contribution in [-0.4, -0.2) is 33.1 Å². The molecule has 110 valence electrons. The van der Waals surface area contributed by atoms with Crippen molar-refractivity contribution >= 4 is 0 Å². The van der Waals surface area contributed by atoms with Gasteiger partial charge in [-0.3, -0.25) is 0 Å². The minimum absolute atomic E-state index is 0.506. The molecular weight excluding hydrogens is 228 g/mol. The number of hydrogen-bond acceptors (Lipinski definition) is 3.